The summed E-state index contributed by atoms with van der Waals surface area (Å²) >= 11 is 0. The van der Waals surface area contributed by atoms with Crippen LogP contribution in [0.3, 0.4) is 0 Å². The number of aromatic amines is 1. The molecule has 1 aliphatic rings. The van der Waals surface area contributed by atoms with Gasteiger partial charge in [0, 0.05) is 24.2 Å². The van der Waals surface area contributed by atoms with Crippen LogP contribution in [0.4, 0.5) is 18.9 Å². The molecule has 2 aromatic carbocycles. The van der Waals surface area contributed by atoms with Crippen molar-refractivity contribution in [2.24, 2.45) is 5.92 Å². The number of carbonyl (C=O) groups excluding carboxylic acids is 1. The molecule has 2 N–H and O–H groups in total. The standard InChI is InChI=1S/C27H28F3N3O4S/c1-17-20(15-31-14-18-6-7-18)12-24(25(34)32-17)26(35)33(22-5-3-4-21(13-22)27(28,29)30)16-19-8-10-23(11-9-19)38(2,36)37/h3-5,8-13,18,31H,6-7,14-16H2,1-2H3,(H,32,34). The number of sulfone groups is 1. The van der Waals surface area contributed by atoms with Gasteiger partial charge in [-0.2, -0.15) is 13.2 Å². The number of hydrogen-bond acceptors (Lipinski definition) is 5. The zero-order valence-electron chi connectivity index (χ0n) is 20.9. The van der Waals surface area contributed by atoms with Crippen molar-refractivity contribution in [2.45, 2.75) is 43.9 Å². The molecule has 0 spiro atoms. The Kier molecular flexibility index (Phi) is 7.80. The van der Waals surface area contributed by atoms with Gasteiger partial charge in [-0.1, -0.05) is 18.2 Å². The Morgan fingerprint density at radius 1 is 1.11 bits per heavy atom. The lowest BCUT2D eigenvalue weighted by Gasteiger charge is -2.24. The fourth-order valence-corrected chi connectivity index (χ4v) is 4.67. The highest BCUT2D eigenvalue weighted by Crippen LogP contribution is 2.32. The van der Waals surface area contributed by atoms with Crippen LogP contribution in [-0.2, 0) is 29.1 Å². The largest absolute Gasteiger partial charge is 0.416 e. The van der Waals surface area contributed by atoms with Gasteiger partial charge in [0.1, 0.15) is 5.56 Å². The van der Waals surface area contributed by atoms with Gasteiger partial charge in [-0.3, -0.25) is 9.59 Å². The van der Waals surface area contributed by atoms with E-state index in [1.807, 2.05) is 0 Å². The number of halogens is 3. The van der Waals surface area contributed by atoms with Crippen molar-refractivity contribution in [2.75, 3.05) is 17.7 Å². The second-order valence-corrected chi connectivity index (χ2v) is 11.6. The molecule has 0 radical (unpaired) electrons. The number of H-pyrrole nitrogens is 1. The third kappa shape index (κ3) is 6.70. The topological polar surface area (TPSA) is 99.3 Å². The summed E-state index contributed by atoms with van der Waals surface area (Å²) in [6.45, 7) is 2.78. The molecule has 1 aromatic heterocycles. The van der Waals surface area contributed by atoms with Crippen LogP contribution < -0.4 is 15.8 Å². The number of nitrogens with zero attached hydrogens (tertiary/aromatic N) is 1. The Morgan fingerprint density at radius 2 is 1.79 bits per heavy atom. The molecule has 1 heterocycles. The van der Waals surface area contributed by atoms with Gasteiger partial charge < -0.3 is 15.2 Å². The van der Waals surface area contributed by atoms with Crippen LogP contribution in [0.1, 0.15) is 45.6 Å². The van der Waals surface area contributed by atoms with E-state index < -0.39 is 33.0 Å². The summed E-state index contributed by atoms with van der Waals surface area (Å²) in [5.74, 6) is -0.147. The molecule has 0 aliphatic heterocycles. The monoisotopic (exact) mass is 547 g/mol. The molecule has 0 atom stereocenters. The van der Waals surface area contributed by atoms with Crippen molar-refractivity contribution in [1.82, 2.24) is 10.3 Å². The Labute approximate surface area is 218 Å². The molecule has 0 unspecified atom stereocenters. The molecule has 0 bridgehead atoms. The average Bonchev–Trinajstić information content (AvgIpc) is 3.67. The lowest BCUT2D eigenvalue weighted by atomic mass is 10.1. The van der Waals surface area contributed by atoms with E-state index in [0.717, 1.165) is 29.8 Å². The highest BCUT2D eigenvalue weighted by Gasteiger charge is 2.32. The Morgan fingerprint density at radius 3 is 2.39 bits per heavy atom. The summed E-state index contributed by atoms with van der Waals surface area (Å²) in [5.41, 5.74) is -0.0785. The molecular weight excluding hydrogens is 519 g/mol. The number of hydrogen-bond donors (Lipinski definition) is 2. The molecule has 11 heteroatoms. The summed E-state index contributed by atoms with van der Waals surface area (Å²) in [5, 5.41) is 3.31. The average molecular weight is 548 g/mol. The first kappa shape index (κ1) is 27.6. The minimum atomic E-state index is -4.64. The first-order valence-electron chi connectivity index (χ1n) is 12.0. The van der Waals surface area contributed by atoms with Crippen molar-refractivity contribution >= 4 is 21.4 Å². The molecule has 7 nitrogen and oxygen atoms in total. The van der Waals surface area contributed by atoms with Gasteiger partial charge in [-0.15, -0.1) is 0 Å². The summed E-state index contributed by atoms with van der Waals surface area (Å²) in [6.07, 6.45) is -1.25. The number of aryl methyl sites for hydroxylation is 1. The molecule has 1 amide bonds. The highest BCUT2D eigenvalue weighted by atomic mass is 32.2. The highest BCUT2D eigenvalue weighted by molar-refractivity contribution is 7.90. The second kappa shape index (κ2) is 10.7. The number of aromatic nitrogens is 1. The summed E-state index contributed by atoms with van der Waals surface area (Å²) in [7, 11) is -3.46. The van der Waals surface area contributed by atoms with Gasteiger partial charge in [0.15, 0.2) is 9.84 Å². The second-order valence-electron chi connectivity index (χ2n) is 9.59. The van der Waals surface area contributed by atoms with Crippen LogP contribution >= 0.6 is 0 Å². The van der Waals surface area contributed by atoms with Crippen molar-refractivity contribution in [1.29, 1.82) is 0 Å². The van der Waals surface area contributed by atoms with Crippen LogP contribution in [-0.4, -0.2) is 32.1 Å². The molecule has 38 heavy (non-hydrogen) atoms. The van der Waals surface area contributed by atoms with Crippen LogP contribution in [0, 0.1) is 12.8 Å². The number of pyridine rings is 1. The van der Waals surface area contributed by atoms with Crippen molar-refractivity contribution in [3.63, 3.8) is 0 Å². The van der Waals surface area contributed by atoms with E-state index in [4.69, 9.17) is 0 Å². The van der Waals surface area contributed by atoms with Crippen LogP contribution in [0.15, 0.2) is 64.3 Å². The number of nitrogens with one attached hydrogen (secondary N) is 2. The zero-order valence-corrected chi connectivity index (χ0v) is 21.7. The van der Waals surface area contributed by atoms with Crippen LogP contribution in [0.2, 0.25) is 0 Å². The van der Waals surface area contributed by atoms with E-state index in [9.17, 15) is 31.2 Å². The summed E-state index contributed by atoms with van der Waals surface area (Å²) in [6, 6.07) is 11.5. The van der Waals surface area contributed by atoms with Gasteiger partial charge in [0.25, 0.3) is 11.5 Å². The van der Waals surface area contributed by atoms with Gasteiger partial charge >= 0.3 is 6.18 Å². The fraction of sp³-hybridized carbons (Fsp3) is 0.333. The maximum atomic E-state index is 13.7. The SMILES string of the molecule is Cc1[nH]c(=O)c(C(=O)N(Cc2ccc(S(C)(=O)=O)cc2)c2cccc(C(F)(F)F)c2)cc1CNCC1CC1. The maximum absolute atomic E-state index is 13.7. The van der Waals surface area contributed by atoms with Gasteiger partial charge in [0.05, 0.1) is 17.0 Å². The Balaban J connectivity index is 1.71. The molecule has 4 rings (SSSR count). The van der Waals surface area contributed by atoms with Crippen LogP contribution in [0.25, 0.3) is 0 Å². The molecule has 1 saturated carbocycles. The minimum absolute atomic E-state index is 0.0506. The molecule has 202 valence electrons. The van der Waals surface area contributed by atoms with Crippen LogP contribution in [0.5, 0.6) is 0 Å². The number of carbonyl (C=O) groups is 1. The third-order valence-corrected chi connectivity index (χ3v) is 7.57. The van der Waals surface area contributed by atoms with E-state index in [1.54, 1.807) is 6.92 Å². The number of rotatable bonds is 9. The molecule has 1 fully saturated rings. The molecular formula is C27H28F3N3O4S. The number of alkyl halides is 3. The molecule has 1 aliphatic carbocycles. The predicted octanol–water partition coefficient (Wildman–Crippen LogP) is 4.45. The number of anilines is 1. The minimum Gasteiger partial charge on any atom is -0.325 e. The van der Waals surface area contributed by atoms with E-state index >= 15 is 0 Å². The quantitative estimate of drug-likeness (QED) is 0.412. The first-order chi connectivity index (χ1) is 17.8. The first-order valence-corrected chi connectivity index (χ1v) is 13.9. The van der Waals surface area contributed by atoms with E-state index in [0.29, 0.717) is 29.3 Å². The van der Waals surface area contributed by atoms with E-state index in [2.05, 4.69) is 10.3 Å². The number of amides is 1. The number of benzene rings is 2. The Bertz CT molecular complexity index is 1500. The lowest BCUT2D eigenvalue weighted by molar-refractivity contribution is -0.137. The van der Waals surface area contributed by atoms with Gasteiger partial charge in [0.2, 0.25) is 0 Å². The Hall–Kier alpha value is -3.44. The van der Waals surface area contributed by atoms with Gasteiger partial charge in [-0.25, -0.2) is 8.42 Å². The molecule has 0 saturated heterocycles. The van der Waals surface area contributed by atoms with Crippen molar-refractivity contribution < 1.29 is 26.4 Å². The maximum Gasteiger partial charge on any atom is 0.416 e. The van der Waals surface area contributed by atoms with Crippen molar-refractivity contribution in [3.05, 3.63) is 92.9 Å². The zero-order chi connectivity index (χ0) is 27.7. The summed E-state index contributed by atoms with van der Waals surface area (Å²) < 4.78 is 64.0. The van der Waals surface area contributed by atoms with E-state index in [-0.39, 0.29) is 22.7 Å². The summed E-state index contributed by atoms with van der Waals surface area (Å²) in [4.78, 5) is 30.4. The van der Waals surface area contributed by atoms with Crippen molar-refractivity contribution in [3.8, 4) is 0 Å². The normalized spacial score (nSPS) is 13.9. The third-order valence-electron chi connectivity index (χ3n) is 6.44. The van der Waals surface area contributed by atoms with Gasteiger partial charge in [-0.05, 0) is 79.8 Å². The predicted molar refractivity (Wildman–Crippen MR) is 138 cm³/mol. The lowest BCUT2D eigenvalue weighted by Crippen LogP contribution is -2.35. The smallest absolute Gasteiger partial charge is 0.325 e. The van der Waals surface area contributed by atoms with E-state index in [1.165, 1.54) is 55.3 Å². The fourth-order valence-electron chi connectivity index (χ4n) is 4.04. The molecule has 3 aromatic rings.